The molecule has 2 nitrogen and oxygen atoms in total. The number of benzene rings is 1. The smallest absolute Gasteiger partial charge is 0.0991 e. The van der Waals surface area contributed by atoms with Crippen LogP contribution in [0, 0.1) is 11.3 Å². The van der Waals surface area contributed by atoms with Crippen LogP contribution < -0.4 is 0 Å². The van der Waals surface area contributed by atoms with E-state index >= 15 is 0 Å². The molecule has 0 spiro atoms. The summed E-state index contributed by atoms with van der Waals surface area (Å²) in [4.78, 5) is 0. The minimum Gasteiger partial charge on any atom is -0.378 e. The molecule has 0 aliphatic carbocycles. The SMILES string of the molecule is COC(C)(C)C(C)(C)c1ccc(C#N)cc1. The summed E-state index contributed by atoms with van der Waals surface area (Å²) in [6, 6.07) is 9.83. The lowest BCUT2D eigenvalue weighted by Gasteiger charge is -2.41. The van der Waals surface area contributed by atoms with Gasteiger partial charge in [-0.25, -0.2) is 0 Å². The fourth-order valence-electron chi connectivity index (χ4n) is 1.56. The first-order valence-electron chi connectivity index (χ1n) is 5.41. The molecule has 1 aromatic rings. The maximum Gasteiger partial charge on any atom is 0.0991 e. The third kappa shape index (κ3) is 2.10. The van der Waals surface area contributed by atoms with E-state index in [0.717, 1.165) is 0 Å². The summed E-state index contributed by atoms with van der Waals surface area (Å²) in [7, 11) is 1.73. The second kappa shape index (κ2) is 4.27. The molecule has 0 aromatic heterocycles. The predicted octanol–water partition coefficient (Wildman–Crippen LogP) is 3.26. The Kier molecular flexibility index (Phi) is 3.40. The second-order valence-corrected chi connectivity index (χ2v) is 5.03. The Morgan fingerprint density at radius 2 is 1.56 bits per heavy atom. The highest BCUT2D eigenvalue weighted by Gasteiger charge is 2.38. The van der Waals surface area contributed by atoms with Gasteiger partial charge in [0.05, 0.1) is 17.2 Å². The molecule has 0 aliphatic heterocycles. The molecule has 86 valence electrons. The van der Waals surface area contributed by atoms with Crippen molar-refractivity contribution in [2.45, 2.75) is 38.7 Å². The number of hydrogen-bond acceptors (Lipinski definition) is 2. The number of nitrogens with zero attached hydrogens (tertiary/aromatic N) is 1. The van der Waals surface area contributed by atoms with Gasteiger partial charge in [-0.3, -0.25) is 0 Å². The number of nitriles is 1. The van der Waals surface area contributed by atoms with Gasteiger partial charge >= 0.3 is 0 Å². The maximum atomic E-state index is 8.76. The van der Waals surface area contributed by atoms with Gasteiger partial charge in [0.15, 0.2) is 0 Å². The highest BCUT2D eigenvalue weighted by molar-refractivity contribution is 5.35. The monoisotopic (exact) mass is 217 g/mol. The zero-order valence-corrected chi connectivity index (χ0v) is 10.7. The Morgan fingerprint density at radius 3 is 1.94 bits per heavy atom. The summed E-state index contributed by atoms with van der Waals surface area (Å²) in [5, 5.41) is 8.76. The van der Waals surface area contributed by atoms with Crippen LogP contribution in [0.1, 0.15) is 38.8 Å². The summed E-state index contributed by atoms with van der Waals surface area (Å²) in [5.74, 6) is 0. The van der Waals surface area contributed by atoms with E-state index in [2.05, 4.69) is 33.8 Å². The van der Waals surface area contributed by atoms with Crippen molar-refractivity contribution in [3.8, 4) is 6.07 Å². The van der Waals surface area contributed by atoms with Crippen LogP contribution >= 0.6 is 0 Å². The topological polar surface area (TPSA) is 33.0 Å². The molecule has 0 unspecified atom stereocenters. The molecule has 0 saturated carbocycles. The summed E-state index contributed by atoms with van der Waals surface area (Å²) >= 11 is 0. The lowest BCUT2D eigenvalue weighted by Crippen LogP contribution is -2.44. The number of methoxy groups -OCH3 is 1. The number of hydrogen-bond donors (Lipinski definition) is 0. The molecule has 16 heavy (non-hydrogen) atoms. The van der Waals surface area contributed by atoms with Gasteiger partial charge in [0.1, 0.15) is 0 Å². The maximum absolute atomic E-state index is 8.76. The zero-order chi connectivity index (χ0) is 12.4. The van der Waals surface area contributed by atoms with Gasteiger partial charge in [0.2, 0.25) is 0 Å². The van der Waals surface area contributed by atoms with Crippen LogP contribution in [0.15, 0.2) is 24.3 Å². The van der Waals surface area contributed by atoms with Gasteiger partial charge in [-0.2, -0.15) is 5.26 Å². The van der Waals surface area contributed by atoms with Crippen LogP contribution in [0.4, 0.5) is 0 Å². The summed E-state index contributed by atoms with van der Waals surface area (Å²) in [5.41, 5.74) is 1.52. The first-order valence-corrected chi connectivity index (χ1v) is 5.41. The van der Waals surface area contributed by atoms with Crippen molar-refractivity contribution in [1.82, 2.24) is 0 Å². The molecule has 0 fully saturated rings. The van der Waals surface area contributed by atoms with Crippen molar-refractivity contribution in [3.05, 3.63) is 35.4 Å². The van der Waals surface area contributed by atoms with E-state index in [0.29, 0.717) is 5.56 Å². The average Bonchev–Trinajstić information content (AvgIpc) is 2.29. The quantitative estimate of drug-likeness (QED) is 0.778. The Morgan fingerprint density at radius 1 is 1.06 bits per heavy atom. The minimum atomic E-state index is -0.249. The molecule has 2 heteroatoms. The zero-order valence-electron chi connectivity index (χ0n) is 10.7. The Bertz CT molecular complexity index is 396. The van der Waals surface area contributed by atoms with Gasteiger partial charge in [0.25, 0.3) is 0 Å². The van der Waals surface area contributed by atoms with Crippen molar-refractivity contribution in [2.75, 3.05) is 7.11 Å². The summed E-state index contributed by atoms with van der Waals surface area (Å²) < 4.78 is 5.55. The molecule has 0 heterocycles. The van der Waals surface area contributed by atoms with Gasteiger partial charge in [0, 0.05) is 12.5 Å². The van der Waals surface area contributed by atoms with Gasteiger partial charge in [-0.1, -0.05) is 26.0 Å². The second-order valence-electron chi connectivity index (χ2n) is 5.03. The van der Waals surface area contributed by atoms with Crippen molar-refractivity contribution < 1.29 is 4.74 Å². The van der Waals surface area contributed by atoms with Crippen molar-refractivity contribution >= 4 is 0 Å². The fourth-order valence-corrected chi connectivity index (χ4v) is 1.56. The van der Waals surface area contributed by atoms with Crippen LogP contribution in [-0.2, 0) is 10.2 Å². The minimum absolute atomic E-state index is 0.101. The highest BCUT2D eigenvalue weighted by Crippen LogP contribution is 2.36. The molecule has 0 saturated heterocycles. The third-order valence-corrected chi connectivity index (χ3v) is 3.75. The lowest BCUT2D eigenvalue weighted by atomic mass is 9.72. The molecule has 0 aliphatic rings. The Hall–Kier alpha value is -1.33. The summed E-state index contributed by atoms with van der Waals surface area (Å²) in [6.45, 7) is 8.45. The molecule has 0 amide bonds. The van der Waals surface area contributed by atoms with E-state index in [-0.39, 0.29) is 11.0 Å². The molecule has 0 bridgehead atoms. The highest BCUT2D eigenvalue weighted by atomic mass is 16.5. The van der Waals surface area contributed by atoms with Gasteiger partial charge in [-0.05, 0) is 31.5 Å². The molecule has 0 N–H and O–H groups in total. The molecule has 0 radical (unpaired) electrons. The van der Waals surface area contributed by atoms with Crippen LogP contribution in [0.3, 0.4) is 0 Å². The molecular weight excluding hydrogens is 198 g/mol. The molecule has 1 aromatic carbocycles. The molecular formula is C14H19NO. The van der Waals surface area contributed by atoms with Crippen molar-refractivity contribution in [1.29, 1.82) is 5.26 Å². The van der Waals surface area contributed by atoms with Gasteiger partial charge < -0.3 is 4.74 Å². The average molecular weight is 217 g/mol. The predicted molar refractivity (Wildman–Crippen MR) is 65.3 cm³/mol. The fraction of sp³-hybridized carbons (Fsp3) is 0.500. The Labute approximate surface area is 97.9 Å². The van der Waals surface area contributed by atoms with E-state index in [1.54, 1.807) is 7.11 Å². The number of ether oxygens (including phenoxy) is 1. The van der Waals surface area contributed by atoms with Crippen LogP contribution in [0.2, 0.25) is 0 Å². The van der Waals surface area contributed by atoms with E-state index in [1.165, 1.54) is 5.56 Å². The van der Waals surface area contributed by atoms with Crippen molar-refractivity contribution in [3.63, 3.8) is 0 Å². The van der Waals surface area contributed by atoms with Gasteiger partial charge in [-0.15, -0.1) is 0 Å². The molecule has 1 rings (SSSR count). The molecule has 0 atom stereocenters. The largest absolute Gasteiger partial charge is 0.378 e. The number of rotatable bonds is 3. The van der Waals surface area contributed by atoms with Crippen molar-refractivity contribution in [2.24, 2.45) is 0 Å². The first kappa shape index (κ1) is 12.7. The standard InChI is InChI=1S/C14H19NO/c1-13(2,14(3,4)16-5)12-8-6-11(10-15)7-9-12/h6-9H,1-5H3. The summed E-state index contributed by atoms with van der Waals surface area (Å²) in [6.07, 6.45) is 0. The van der Waals surface area contributed by atoms with Crippen LogP contribution in [-0.4, -0.2) is 12.7 Å². The van der Waals surface area contributed by atoms with Crippen LogP contribution in [0.25, 0.3) is 0 Å². The van der Waals surface area contributed by atoms with E-state index in [9.17, 15) is 0 Å². The third-order valence-electron chi connectivity index (χ3n) is 3.75. The normalized spacial score (nSPS) is 12.2. The van der Waals surface area contributed by atoms with E-state index in [4.69, 9.17) is 10.00 Å². The van der Waals surface area contributed by atoms with E-state index < -0.39 is 0 Å². The first-order chi connectivity index (χ1) is 7.35. The van der Waals surface area contributed by atoms with E-state index in [1.807, 2.05) is 24.3 Å². The Balaban J connectivity index is 3.13. The van der Waals surface area contributed by atoms with Crippen LogP contribution in [0.5, 0.6) is 0 Å². The lowest BCUT2D eigenvalue weighted by molar-refractivity contribution is -0.0341.